The summed E-state index contributed by atoms with van der Waals surface area (Å²) in [6.45, 7) is 3.81. The largest absolute Gasteiger partial charge is 0.370 e. The minimum Gasteiger partial charge on any atom is -0.370 e. The molecule has 1 atom stereocenters. The molecular weight excluding hydrogens is 246 g/mol. The van der Waals surface area contributed by atoms with Gasteiger partial charge in [-0.3, -0.25) is 4.99 Å². The third-order valence-electron chi connectivity index (χ3n) is 4.15. The fraction of sp³-hybridized carbons (Fsp3) is 0.500. The number of halogens is 1. The van der Waals surface area contributed by atoms with Gasteiger partial charge in [-0.25, -0.2) is 0 Å². The van der Waals surface area contributed by atoms with Gasteiger partial charge in [-0.1, -0.05) is 23.7 Å². The predicted octanol–water partition coefficient (Wildman–Crippen LogP) is 2.60. The molecule has 0 radical (unpaired) electrons. The Hall–Kier alpha value is -1.22. The highest BCUT2D eigenvalue weighted by Gasteiger charge is 2.53. The Bertz CT molecular complexity index is 478. The molecule has 18 heavy (non-hydrogen) atoms. The number of benzene rings is 1. The lowest BCUT2D eigenvalue weighted by Gasteiger charge is -2.39. The van der Waals surface area contributed by atoms with Crippen molar-refractivity contribution in [2.75, 3.05) is 13.1 Å². The van der Waals surface area contributed by atoms with Gasteiger partial charge in [0.05, 0.1) is 12.1 Å². The number of likely N-dealkylation sites (N-methyl/N-ethyl adjacent to an activating group) is 1. The standard InChI is InChI=1S/C14H18ClN3/c1-2-18-13(16)17-9-14(18,10-3-4-10)11-5-7-12(15)8-6-11/h5-8,10H,2-4,9H2,1H3,(H2,16,17). The molecule has 1 aromatic rings. The average Bonchev–Trinajstić information content (AvgIpc) is 3.16. The molecule has 1 aromatic carbocycles. The van der Waals surface area contributed by atoms with E-state index in [1.165, 1.54) is 18.4 Å². The van der Waals surface area contributed by atoms with Crippen LogP contribution in [0.1, 0.15) is 25.3 Å². The SMILES string of the molecule is CCN1C(N)=NCC1(c1ccc(Cl)cc1)C1CC1. The number of hydrogen-bond acceptors (Lipinski definition) is 3. The van der Waals surface area contributed by atoms with Gasteiger partial charge < -0.3 is 10.6 Å². The van der Waals surface area contributed by atoms with Crippen molar-refractivity contribution in [3.8, 4) is 0 Å². The first kappa shape index (κ1) is 11.8. The molecule has 96 valence electrons. The van der Waals surface area contributed by atoms with Crippen molar-refractivity contribution in [1.29, 1.82) is 0 Å². The van der Waals surface area contributed by atoms with Crippen molar-refractivity contribution in [2.24, 2.45) is 16.6 Å². The third-order valence-corrected chi connectivity index (χ3v) is 4.41. The van der Waals surface area contributed by atoms with E-state index in [1.54, 1.807) is 0 Å². The van der Waals surface area contributed by atoms with E-state index >= 15 is 0 Å². The smallest absolute Gasteiger partial charge is 0.192 e. The van der Waals surface area contributed by atoms with Crippen molar-refractivity contribution >= 4 is 17.6 Å². The van der Waals surface area contributed by atoms with Gasteiger partial charge in [0.25, 0.3) is 0 Å². The maximum atomic E-state index is 6.05. The van der Waals surface area contributed by atoms with E-state index in [4.69, 9.17) is 17.3 Å². The van der Waals surface area contributed by atoms with E-state index in [9.17, 15) is 0 Å². The van der Waals surface area contributed by atoms with Crippen molar-refractivity contribution in [1.82, 2.24) is 4.90 Å². The van der Waals surface area contributed by atoms with Gasteiger partial charge in [0.2, 0.25) is 0 Å². The van der Waals surface area contributed by atoms with Crippen LogP contribution in [0.2, 0.25) is 5.02 Å². The van der Waals surface area contributed by atoms with Crippen LogP contribution in [0.25, 0.3) is 0 Å². The molecule has 1 heterocycles. The Morgan fingerprint density at radius 1 is 1.39 bits per heavy atom. The molecule has 1 saturated carbocycles. The molecule has 0 saturated heterocycles. The highest BCUT2D eigenvalue weighted by Crippen LogP contribution is 2.51. The molecule has 0 aromatic heterocycles. The fourth-order valence-electron chi connectivity index (χ4n) is 3.15. The second kappa shape index (κ2) is 4.16. The van der Waals surface area contributed by atoms with Gasteiger partial charge in [-0.15, -0.1) is 0 Å². The molecule has 2 aliphatic rings. The molecule has 4 heteroatoms. The van der Waals surface area contributed by atoms with Gasteiger partial charge in [-0.2, -0.15) is 0 Å². The number of rotatable bonds is 3. The number of hydrogen-bond donors (Lipinski definition) is 1. The zero-order valence-electron chi connectivity index (χ0n) is 10.6. The van der Waals surface area contributed by atoms with Gasteiger partial charge >= 0.3 is 0 Å². The highest BCUT2D eigenvalue weighted by atomic mass is 35.5. The molecule has 1 aliphatic heterocycles. The first-order valence-electron chi connectivity index (χ1n) is 6.52. The van der Waals surface area contributed by atoms with Crippen LogP contribution in [0.3, 0.4) is 0 Å². The predicted molar refractivity (Wildman–Crippen MR) is 74.7 cm³/mol. The van der Waals surface area contributed by atoms with Crippen molar-refractivity contribution in [3.05, 3.63) is 34.9 Å². The summed E-state index contributed by atoms with van der Waals surface area (Å²) >= 11 is 5.99. The van der Waals surface area contributed by atoms with Crippen LogP contribution in [0.4, 0.5) is 0 Å². The summed E-state index contributed by atoms with van der Waals surface area (Å²) < 4.78 is 0. The second-order valence-electron chi connectivity index (χ2n) is 5.12. The summed E-state index contributed by atoms with van der Waals surface area (Å²) in [6, 6.07) is 8.17. The molecule has 2 N–H and O–H groups in total. The van der Waals surface area contributed by atoms with Crippen LogP contribution in [0, 0.1) is 5.92 Å². The highest BCUT2D eigenvalue weighted by molar-refractivity contribution is 6.30. The minimum absolute atomic E-state index is 0.0244. The second-order valence-corrected chi connectivity index (χ2v) is 5.56. The van der Waals surface area contributed by atoms with Crippen molar-refractivity contribution < 1.29 is 0 Å². The fourth-order valence-corrected chi connectivity index (χ4v) is 3.28. The molecular formula is C14H18ClN3. The topological polar surface area (TPSA) is 41.6 Å². The Balaban J connectivity index is 2.05. The minimum atomic E-state index is -0.0244. The summed E-state index contributed by atoms with van der Waals surface area (Å²) in [7, 11) is 0. The maximum Gasteiger partial charge on any atom is 0.192 e. The van der Waals surface area contributed by atoms with E-state index in [0.717, 1.165) is 18.1 Å². The number of guanidine groups is 1. The molecule has 3 rings (SSSR count). The van der Waals surface area contributed by atoms with Crippen molar-refractivity contribution in [3.63, 3.8) is 0 Å². The quantitative estimate of drug-likeness (QED) is 0.911. The van der Waals surface area contributed by atoms with Gasteiger partial charge in [-0.05, 0) is 43.4 Å². The van der Waals surface area contributed by atoms with E-state index < -0.39 is 0 Å². The Kier molecular flexibility index (Phi) is 2.74. The third kappa shape index (κ3) is 1.61. The Morgan fingerprint density at radius 3 is 2.61 bits per heavy atom. The molecule has 3 nitrogen and oxygen atoms in total. The maximum absolute atomic E-state index is 6.05. The van der Waals surface area contributed by atoms with Crippen molar-refractivity contribution in [2.45, 2.75) is 25.3 Å². The monoisotopic (exact) mass is 263 g/mol. The average molecular weight is 264 g/mol. The van der Waals surface area contributed by atoms with E-state index in [1.807, 2.05) is 12.1 Å². The van der Waals surface area contributed by atoms with Gasteiger partial charge in [0.1, 0.15) is 0 Å². The zero-order valence-corrected chi connectivity index (χ0v) is 11.3. The zero-order chi connectivity index (χ0) is 12.8. The van der Waals surface area contributed by atoms with Gasteiger partial charge in [0, 0.05) is 11.6 Å². The lowest BCUT2D eigenvalue weighted by Crippen LogP contribution is -2.50. The van der Waals surface area contributed by atoms with Crippen LogP contribution in [-0.2, 0) is 5.54 Å². The molecule has 0 spiro atoms. The van der Waals surface area contributed by atoms with E-state index in [2.05, 4.69) is 28.9 Å². The summed E-state index contributed by atoms with van der Waals surface area (Å²) in [6.07, 6.45) is 2.53. The lowest BCUT2D eigenvalue weighted by atomic mass is 9.84. The Morgan fingerprint density at radius 2 is 2.06 bits per heavy atom. The van der Waals surface area contributed by atoms with Crippen LogP contribution >= 0.6 is 11.6 Å². The summed E-state index contributed by atoms with van der Waals surface area (Å²) in [4.78, 5) is 6.75. The van der Waals surface area contributed by atoms with E-state index in [0.29, 0.717) is 11.9 Å². The van der Waals surface area contributed by atoms with Gasteiger partial charge in [0.15, 0.2) is 5.96 Å². The summed E-state index contributed by atoms with van der Waals surface area (Å²) in [5.41, 5.74) is 7.32. The van der Waals surface area contributed by atoms with Crippen LogP contribution < -0.4 is 5.73 Å². The summed E-state index contributed by atoms with van der Waals surface area (Å²) in [5.74, 6) is 1.35. The summed E-state index contributed by atoms with van der Waals surface area (Å²) in [5, 5.41) is 0.777. The normalized spacial score (nSPS) is 27.4. The lowest BCUT2D eigenvalue weighted by molar-refractivity contribution is 0.177. The Labute approximate surface area is 113 Å². The number of nitrogens with zero attached hydrogens (tertiary/aromatic N) is 2. The molecule has 1 fully saturated rings. The number of aliphatic imine (C=N–C) groups is 1. The molecule has 0 bridgehead atoms. The van der Waals surface area contributed by atoms with Crippen LogP contribution in [0.15, 0.2) is 29.3 Å². The molecule has 1 unspecified atom stereocenters. The van der Waals surface area contributed by atoms with E-state index in [-0.39, 0.29) is 5.54 Å². The molecule has 0 amide bonds. The first-order valence-corrected chi connectivity index (χ1v) is 6.90. The van der Waals surface area contributed by atoms with Crippen LogP contribution in [0.5, 0.6) is 0 Å². The number of nitrogens with two attached hydrogens (primary N) is 1. The first-order chi connectivity index (χ1) is 8.68. The molecule has 1 aliphatic carbocycles. The van der Waals surface area contributed by atoms with Crippen LogP contribution in [-0.4, -0.2) is 23.9 Å².